The summed E-state index contributed by atoms with van der Waals surface area (Å²) in [5.41, 5.74) is 6.87. The van der Waals surface area contributed by atoms with Gasteiger partial charge in [-0.15, -0.1) is 0 Å². The van der Waals surface area contributed by atoms with Crippen LogP contribution in [0.15, 0.2) is 28.7 Å². The number of halogens is 1. The Kier molecular flexibility index (Phi) is 3.84. The molecule has 1 aromatic carbocycles. The summed E-state index contributed by atoms with van der Waals surface area (Å²) in [6.45, 7) is 2.56. The van der Waals surface area contributed by atoms with Gasteiger partial charge < -0.3 is 10.6 Å². The Morgan fingerprint density at radius 3 is 2.88 bits per heavy atom. The molecule has 0 bridgehead atoms. The summed E-state index contributed by atoms with van der Waals surface area (Å²) in [5, 5.41) is 0. The lowest BCUT2D eigenvalue weighted by atomic mass is 10.0. The Morgan fingerprint density at radius 2 is 2.24 bits per heavy atom. The van der Waals surface area contributed by atoms with Gasteiger partial charge in [0.05, 0.1) is 12.1 Å². The quantitative estimate of drug-likeness (QED) is 0.911. The fourth-order valence-corrected chi connectivity index (χ4v) is 2.91. The van der Waals surface area contributed by atoms with Crippen molar-refractivity contribution < 1.29 is 4.79 Å². The molecule has 0 aliphatic carbocycles. The van der Waals surface area contributed by atoms with Crippen LogP contribution in [-0.4, -0.2) is 23.4 Å². The van der Waals surface area contributed by atoms with Crippen molar-refractivity contribution >= 4 is 21.8 Å². The van der Waals surface area contributed by atoms with Crippen molar-refractivity contribution in [2.75, 3.05) is 6.54 Å². The zero-order valence-corrected chi connectivity index (χ0v) is 11.5. The highest BCUT2D eigenvalue weighted by atomic mass is 79.9. The number of nitrogens with zero attached hydrogens (tertiary/aromatic N) is 1. The molecule has 1 aliphatic heterocycles. The molecule has 4 heteroatoms. The first-order valence-corrected chi connectivity index (χ1v) is 6.71. The Balaban J connectivity index is 2.26. The van der Waals surface area contributed by atoms with E-state index in [4.69, 9.17) is 5.73 Å². The minimum Gasteiger partial charge on any atom is -0.334 e. The zero-order valence-electron chi connectivity index (χ0n) is 9.90. The standard InChI is InChI=1S/C13H17BrN2O/c1-9(15)13(17)16-8-4-7-12(16)10-5-2-3-6-11(10)14/h2-3,5-6,9,12H,4,7-8,15H2,1H3/t9-,12-/m0/s1. The molecule has 2 N–H and O–H groups in total. The van der Waals surface area contributed by atoms with Crippen LogP contribution in [0.2, 0.25) is 0 Å². The van der Waals surface area contributed by atoms with Crippen LogP contribution in [0.4, 0.5) is 0 Å². The SMILES string of the molecule is C[C@H](N)C(=O)N1CCC[C@H]1c1ccccc1Br. The number of nitrogens with two attached hydrogens (primary N) is 1. The molecule has 1 aliphatic rings. The van der Waals surface area contributed by atoms with Gasteiger partial charge in [0.2, 0.25) is 5.91 Å². The number of carbonyl (C=O) groups excluding carboxylic acids is 1. The number of carbonyl (C=O) groups is 1. The van der Waals surface area contributed by atoms with E-state index in [1.807, 2.05) is 23.1 Å². The minimum atomic E-state index is -0.418. The molecule has 3 nitrogen and oxygen atoms in total. The normalized spacial score (nSPS) is 21.6. The van der Waals surface area contributed by atoms with Crippen LogP contribution in [0, 0.1) is 0 Å². The molecule has 0 unspecified atom stereocenters. The molecule has 1 fully saturated rings. The monoisotopic (exact) mass is 296 g/mol. The number of hydrogen-bond acceptors (Lipinski definition) is 2. The average molecular weight is 297 g/mol. The van der Waals surface area contributed by atoms with E-state index in [-0.39, 0.29) is 11.9 Å². The number of rotatable bonds is 2. The van der Waals surface area contributed by atoms with Crippen molar-refractivity contribution in [2.45, 2.75) is 31.8 Å². The fraction of sp³-hybridized carbons (Fsp3) is 0.462. The lowest BCUT2D eigenvalue weighted by Crippen LogP contribution is -2.41. The number of amides is 1. The topological polar surface area (TPSA) is 46.3 Å². The summed E-state index contributed by atoms with van der Waals surface area (Å²) in [4.78, 5) is 13.9. The summed E-state index contributed by atoms with van der Waals surface area (Å²) in [5.74, 6) is 0.0447. The second-order valence-corrected chi connectivity index (χ2v) is 5.35. The molecule has 1 heterocycles. The van der Waals surface area contributed by atoms with Gasteiger partial charge in [0.1, 0.15) is 0 Å². The summed E-state index contributed by atoms with van der Waals surface area (Å²) in [7, 11) is 0. The Labute approximate surface area is 110 Å². The molecule has 1 amide bonds. The summed E-state index contributed by atoms with van der Waals surface area (Å²) in [6.07, 6.45) is 2.06. The van der Waals surface area contributed by atoms with Crippen molar-refractivity contribution in [2.24, 2.45) is 5.73 Å². The van der Waals surface area contributed by atoms with E-state index in [0.29, 0.717) is 0 Å². The van der Waals surface area contributed by atoms with E-state index in [0.717, 1.165) is 23.9 Å². The third-order valence-corrected chi connectivity index (χ3v) is 3.91. The van der Waals surface area contributed by atoms with Gasteiger partial charge in [-0.2, -0.15) is 0 Å². The lowest BCUT2D eigenvalue weighted by molar-refractivity contribution is -0.133. The molecule has 2 atom stereocenters. The van der Waals surface area contributed by atoms with Crippen LogP contribution < -0.4 is 5.73 Å². The average Bonchev–Trinajstić information content (AvgIpc) is 2.77. The van der Waals surface area contributed by atoms with E-state index in [2.05, 4.69) is 22.0 Å². The molecular weight excluding hydrogens is 280 g/mol. The van der Waals surface area contributed by atoms with Crippen LogP contribution >= 0.6 is 15.9 Å². The number of hydrogen-bond donors (Lipinski definition) is 1. The van der Waals surface area contributed by atoms with E-state index in [1.165, 1.54) is 5.56 Å². The molecule has 0 radical (unpaired) electrons. The highest BCUT2D eigenvalue weighted by Crippen LogP contribution is 2.35. The van der Waals surface area contributed by atoms with E-state index in [9.17, 15) is 4.79 Å². The highest BCUT2D eigenvalue weighted by Gasteiger charge is 2.32. The second-order valence-electron chi connectivity index (χ2n) is 4.50. The van der Waals surface area contributed by atoms with Gasteiger partial charge in [0.15, 0.2) is 0 Å². The maximum Gasteiger partial charge on any atom is 0.239 e. The predicted octanol–water partition coefficient (Wildman–Crippen LogP) is 2.46. The maximum absolute atomic E-state index is 12.0. The van der Waals surface area contributed by atoms with Gasteiger partial charge in [-0.1, -0.05) is 34.1 Å². The molecule has 2 rings (SSSR count). The molecular formula is C13H17BrN2O. The van der Waals surface area contributed by atoms with Gasteiger partial charge >= 0.3 is 0 Å². The van der Waals surface area contributed by atoms with Crippen LogP contribution in [0.3, 0.4) is 0 Å². The maximum atomic E-state index is 12.0. The van der Waals surface area contributed by atoms with E-state index >= 15 is 0 Å². The summed E-state index contributed by atoms with van der Waals surface area (Å²) < 4.78 is 1.06. The molecule has 0 aromatic heterocycles. The molecule has 17 heavy (non-hydrogen) atoms. The highest BCUT2D eigenvalue weighted by molar-refractivity contribution is 9.10. The molecule has 92 valence electrons. The Morgan fingerprint density at radius 1 is 1.53 bits per heavy atom. The minimum absolute atomic E-state index is 0.0447. The van der Waals surface area contributed by atoms with E-state index < -0.39 is 6.04 Å². The van der Waals surface area contributed by atoms with Crippen LogP contribution in [0.25, 0.3) is 0 Å². The zero-order chi connectivity index (χ0) is 12.4. The van der Waals surface area contributed by atoms with Gasteiger partial charge in [0, 0.05) is 11.0 Å². The summed E-state index contributed by atoms with van der Waals surface area (Å²) in [6, 6.07) is 7.83. The van der Waals surface area contributed by atoms with Crippen molar-refractivity contribution in [3.05, 3.63) is 34.3 Å². The third-order valence-electron chi connectivity index (χ3n) is 3.19. The van der Waals surface area contributed by atoms with Crippen LogP contribution in [-0.2, 0) is 4.79 Å². The van der Waals surface area contributed by atoms with Crippen LogP contribution in [0.5, 0.6) is 0 Å². The Bertz CT molecular complexity index is 420. The van der Waals surface area contributed by atoms with Gasteiger partial charge in [-0.25, -0.2) is 0 Å². The molecule has 1 aromatic rings. The van der Waals surface area contributed by atoms with Crippen molar-refractivity contribution in [1.29, 1.82) is 0 Å². The van der Waals surface area contributed by atoms with Crippen molar-refractivity contribution in [3.63, 3.8) is 0 Å². The first-order valence-electron chi connectivity index (χ1n) is 5.91. The smallest absolute Gasteiger partial charge is 0.239 e. The predicted molar refractivity (Wildman–Crippen MR) is 71.5 cm³/mol. The molecule has 0 saturated carbocycles. The Hall–Kier alpha value is -0.870. The number of benzene rings is 1. The van der Waals surface area contributed by atoms with Crippen molar-refractivity contribution in [1.82, 2.24) is 4.90 Å². The first kappa shape index (κ1) is 12.6. The fourth-order valence-electron chi connectivity index (χ4n) is 2.36. The number of likely N-dealkylation sites (tertiary alicyclic amines) is 1. The molecule has 0 spiro atoms. The summed E-state index contributed by atoms with van der Waals surface area (Å²) >= 11 is 3.55. The van der Waals surface area contributed by atoms with Crippen molar-refractivity contribution in [3.8, 4) is 0 Å². The second kappa shape index (κ2) is 5.19. The lowest BCUT2D eigenvalue weighted by Gasteiger charge is -2.27. The largest absolute Gasteiger partial charge is 0.334 e. The first-order chi connectivity index (χ1) is 8.11. The third kappa shape index (κ3) is 2.53. The van der Waals surface area contributed by atoms with Crippen LogP contribution in [0.1, 0.15) is 31.4 Å². The van der Waals surface area contributed by atoms with E-state index in [1.54, 1.807) is 6.92 Å². The molecule has 1 saturated heterocycles. The van der Waals surface area contributed by atoms with Gasteiger partial charge in [0.25, 0.3) is 0 Å². The van der Waals surface area contributed by atoms with Gasteiger partial charge in [-0.3, -0.25) is 4.79 Å². The van der Waals surface area contributed by atoms with Gasteiger partial charge in [-0.05, 0) is 31.4 Å².